The van der Waals surface area contributed by atoms with E-state index >= 15 is 0 Å². The molecule has 0 radical (unpaired) electrons. The molecule has 0 nitrogen and oxygen atoms in total. The van der Waals surface area contributed by atoms with Gasteiger partial charge < -0.3 is 0 Å². The van der Waals surface area contributed by atoms with Gasteiger partial charge in [-0.05, 0) is 0 Å². The fourth-order valence-electron chi connectivity index (χ4n) is 0.455. The van der Waals surface area contributed by atoms with Gasteiger partial charge in [-0.1, -0.05) is 27.7 Å². The molecule has 0 rings (SSSR count). The van der Waals surface area contributed by atoms with E-state index in [4.69, 9.17) is 13.2 Å². The second-order valence-electron chi connectivity index (χ2n) is 3.31. The first-order valence-electron chi connectivity index (χ1n) is 4.81. The number of hydrogen-bond donors (Lipinski definition) is 0. The van der Waals surface area contributed by atoms with Crippen LogP contribution in [-0.4, -0.2) is 0 Å². The van der Waals surface area contributed by atoms with Gasteiger partial charge in [-0.2, -0.15) is 12.2 Å². The number of allylic oxidation sites excluding steroid dienone is 6. The van der Waals surface area contributed by atoms with E-state index < -0.39 is 0 Å². The van der Waals surface area contributed by atoms with E-state index in [1.165, 1.54) is 11.1 Å². The smallest absolute Gasteiger partial charge is 0.290 e. The van der Waals surface area contributed by atoms with Crippen molar-refractivity contribution in [1.82, 2.24) is 0 Å². The van der Waals surface area contributed by atoms with Gasteiger partial charge in [0.1, 0.15) is 0 Å². The summed E-state index contributed by atoms with van der Waals surface area (Å²) in [7, 11) is 0. The Morgan fingerprint density at radius 2 is 0.933 bits per heavy atom. The Morgan fingerprint density at radius 1 is 0.733 bits per heavy atom. The summed E-state index contributed by atoms with van der Waals surface area (Å²) in [6.45, 7) is 22.5. The maximum Gasteiger partial charge on any atom is 2.00 e. The second-order valence-corrected chi connectivity index (χ2v) is 3.31. The summed E-state index contributed by atoms with van der Waals surface area (Å²) in [6, 6.07) is 0. The second kappa shape index (κ2) is 11.6. The van der Waals surface area contributed by atoms with Crippen molar-refractivity contribution in [3.8, 4) is 0 Å². The Bertz CT molecular complexity index is 227. The molecule has 1 heteroatoms. The molecule has 15 heavy (non-hydrogen) atoms. The summed E-state index contributed by atoms with van der Waals surface area (Å²) < 4.78 is 0. The van der Waals surface area contributed by atoms with Crippen LogP contribution in [0.5, 0.6) is 0 Å². The van der Waals surface area contributed by atoms with Crippen LogP contribution in [0.3, 0.4) is 0 Å². The van der Waals surface area contributed by atoms with Crippen molar-refractivity contribution in [3.05, 3.63) is 47.6 Å². The molecule has 0 spiro atoms. The van der Waals surface area contributed by atoms with E-state index in [1.807, 2.05) is 53.7 Å². The fraction of sp³-hybridized carbons (Fsp3) is 0.429. The van der Waals surface area contributed by atoms with Crippen LogP contribution in [0.4, 0.5) is 0 Å². The van der Waals surface area contributed by atoms with Crippen LogP contribution in [0.2, 0.25) is 0 Å². The van der Waals surface area contributed by atoms with Crippen LogP contribution < -0.4 is 0 Å². The molecule has 0 saturated heterocycles. The topological polar surface area (TPSA) is 0 Å². The number of rotatable bonds is 2. The third kappa shape index (κ3) is 13.5. The van der Waals surface area contributed by atoms with Crippen LogP contribution in [0.25, 0.3) is 0 Å². The minimum absolute atomic E-state index is 0. The molecule has 0 unspecified atom stereocenters. The molecule has 0 aromatic rings. The molecule has 0 bridgehead atoms. The van der Waals surface area contributed by atoms with E-state index in [9.17, 15) is 0 Å². The molecule has 0 aromatic heterocycles. The Hall–Kier alpha value is -0.521. The largest absolute Gasteiger partial charge is 2.00 e. The molecule has 0 aliphatic rings. The van der Waals surface area contributed by atoms with E-state index in [0.29, 0.717) is 0 Å². The molecule has 86 valence electrons. The molecule has 0 heterocycles. The van der Waals surface area contributed by atoms with Gasteiger partial charge in [0, 0.05) is 0 Å². The van der Waals surface area contributed by atoms with Crippen molar-refractivity contribution in [1.29, 1.82) is 0 Å². The summed E-state index contributed by atoms with van der Waals surface area (Å²) in [5.74, 6) is 0. The molecule has 0 aliphatic carbocycles. The van der Waals surface area contributed by atoms with Crippen LogP contribution in [0.15, 0.2) is 34.4 Å². The Labute approximate surface area is 106 Å². The monoisotopic (exact) mass is 246 g/mol. The quantitative estimate of drug-likeness (QED) is 0.377. The van der Waals surface area contributed by atoms with Gasteiger partial charge in [0.05, 0.1) is 0 Å². The van der Waals surface area contributed by atoms with Gasteiger partial charge >= 0.3 is 17.1 Å². The van der Waals surface area contributed by atoms with Crippen molar-refractivity contribution < 1.29 is 17.1 Å². The summed E-state index contributed by atoms with van der Waals surface area (Å²) >= 11 is 0. The van der Waals surface area contributed by atoms with E-state index in [0.717, 1.165) is 11.1 Å². The third-order valence-corrected chi connectivity index (χ3v) is 2.11. The number of hydrogen-bond acceptors (Lipinski definition) is 0. The molecule has 0 N–H and O–H groups in total. The van der Waals surface area contributed by atoms with Crippen LogP contribution in [-0.2, 0) is 17.1 Å². The predicted molar refractivity (Wildman–Crippen MR) is 65.8 cm³/mol. The Morgan fingerprint density at radius 3 is 0.933 bits per heavy atom. The van der Waals surface area contributed by atoms with Gasteiger partial charge in [-0.15, -0.1) is 13.8 Å². The zero-order valence-electron chi connectivity index (χ0n) is 10.7. The first-order valence-corrected chi connectivity index (χ1v) is 4.81. The molecule has 0 amide bonds. The molecule has 0 atom stereocenters. The van der Waals surface area contributed by atoms with Crippen LogP contribution in [0.1, 0.15) is 41.5 Å². The van der Waals surface area contributed by atoms with Crippen molar-refractivity contribution >= 4 is 0 Å². The normalized spacial score (nSPS) is 10.8. The van der Waals surface area contributed by atoms with E-state index in [2.05, 4.69) is 0 Å². The van der Waals surface area contributed by atoms with Crippen LogP contribution >= 0.6 is 0 Å². The van der Waals surface area contributed by atoms with Crippen molar-refractivity contribution in [2.45, 2.75) is 41.5 Å². The van der Waals surface area contributed by atoms with Crippen LogP contribution in [0, 0.1) is 13.2 Å². The zero-order chi connectivity index (χ0) is 11.7. The van der Waals surface area contributed by atoms with E-state index in [-0.39, 0.29) is 17.1 Å². The molecule has 0 saturated carbocycles. The minimum atomic E-state index is 0. The average Bonchev–Trinajstić information content (AvgIpc) is 2.15. The first-order chi connectivity index (χ1) is 6.36. The maximum absolute atomic E-state index is 5.39. The third-order valence-electron chi connectivity index (χ3n) is 2.11. The van der Waals surface area contributed by atoms with Crippen molar-refractivity contribution in [2.24, 2.45) is 0 Å². The summed E-state index contributed by atoms with van der Waals surface area (Å²) in [4.78, 5) is 0. The predicted octanol–water partition coefficient (Wildman–Crippen LogP) is 4.66. The van der Waals surface area contributed by atoms with Gasteiger partial charge in [-0.25, -0.2) is 22.3 Å². The summed E-state index contributed by atoms with van der Waals surface area (Å²) in [5, 5.41) is 0. The van der Waals surface area contributed by atoms with Gasteiger partial charge in [0.15, 0.2) is 0 Å². The van der Waals surface area contributed by atoms with Gasteiger partial charge in [0.2, 0.25) is 0 Å². The molecular formula is C14H22Fe. The Kier molecular flexibility index (Phi) is 15.4. The summed E-state index contributed by atoms with van der Waals surface area (Å²) in [5.41, 5.74) is 4.14. The molecule has 0 aromatic carbocycles. The van der Waals surface area contributed by atoms with Gasteiger partial charge in [0.25, 0.3) is 0 Å². The SMILES string of the molecule is [CH-]=C(C)/C(C)=C/C.[CH-]=C(C)/C(C)=C/C.[Fe+2]. The zero-order valence-corrected chi connectivity index (χ0v) is 11.8. The molecule has 0 aliphatic heterocycles. The maximum atomic E-state index is 5.39. The standard InChI is InChI=1S/2C7H11.Fe/c2*1-5-7(4)6(2)3;/h2*2,5H,1,3-4H3;/q2*-1;+2/b2*7-5+;. The summed E-state index contributed by atoms with van der Waals surface area (Å²) in [6.07, 6.45) is 3.99. The minimum Gasteiger partial charge on any atom is -0.290 e. The first kappa shape index (κ1) is 20.0. The van der Waals surface area contributed by atoms with Crippen molar-refractivity contribution in [2.75, 3.05) is 0 Å². The van der Waals surface area contributed by atoms with E-state index in [1.54, 1.807) is 0 Å². The molecular weight excluding hydrogens is 224 g/mol. The van der Waals surface area contributed by atoms with Gasteiger partial charge in [-0.3, -0.25) is 13.2 Å². The molecule has 0 fully saturated rings. The fourth-order valence-corrected chi connectivity index (χ4v) is 0.455. The van der Waals surface area contributed by atoms with Crippen molar-refractivity contribution in [3.63, 3.8) is 0 Å². The Balaban J connectivity index is -0.000000180. The average molecular weight is 246 g/mol.